The molecule has 2 aromatic carbocycles. The molecule has 2 aliphatic rings. The van der Waals surface area contributed by atoms with Gasteiger partial charge in [0, 0.05) is 9.79 Å². The van der Waals surface area contributed by atoms with Crippen LogP contribution in [0.15, 0.2) is 34.1 Å². The molecule has 4 rings (SSSR count). The first-order valence-electron chi connectivity index (χ1n) is 7.99. The van der Waals surface area contributed by atoms with Crippen LogP contribution >= 0.6 is 23.5 Å². The molecular weight excluding hydrogens is 324 g/mol. The summed E-state index contributed by atoms with van der Waals surface area (Å²) in [6.07, 6.45) is 4.29. The molecule has 0 amide bonds. The van der Waals surface area contributed by atoms with E-state index in [0.29, 0.717) is 11.5 Å². The Morgan fingerprint density at radius 2 is 1.22 bits per heavy atom. The number of aromatic hydroxyl groups is 2. The first kappa shape index (κ1) is 15.3. The molecular formula is C19H20O2S2. The van der Waals surface area contributed by atoms with E-state index in [2.05, 4.69) is 12.1 Å². The quantitative estimate of drug-likeness (QED) is 0.690. The fraction of sp³-hybridized carbons (Fsp3) is 0.368. The number of hydrogen-bond acceptors (Lipinski definition) is 4. The van der Waals surface area contributed by atoms with Crippen LogP contribution in [0.2, 0.25) is 0 Å². The molecule has 2 aliphatic heterocycles. The predicted octanol–water partition coefficient (Wildman–Crippen LogP) is 5.19. The van der Waals surface area contributed by atoms with Crippen molar-refractivity contribution in [2.45, 2.75) is 53.4 Å². The monoisotopic (exact) mass is 344 g/mol. The van der Waals surface area contributed by atoms with Crippen molar-refractivity contribution in [2.24, 2.45) is 0 Å². The van der Waals surface area contributed by atoms with Crippen molar-refractivity contribution < 1.29 is 10.2 Å². The number of fused-ring (bicyclic) bond motifs is 2. The Morgan fingerprint density at radius 1 is 0.783 bits per heavy atom. The largest absolute Gasteiger partial charge is 0.508 e. The lowest BCUT2D eigenvalue weighted by Crippen LogP contribution is -2.28. The van der Waals surface area contributed by atoms with Crippen molar-refractivity contribution in [3.05, 3.63) is 46.5 Å². The number of thioether (sulfide) groups is 2. The van der Waals surface area contributed by atoms with Crippen LogP contribution in [0.25, 0.3) is 0 Å². The van der Waals surface area contributed by atoms with Gasteiger partial charge in [0.15, 0.2) is 0 Å². The van der Waals surface area contributed by atoms with Gasteiger partial charge in [0.1, 0.15) is 11.5 Å². The van der Waals surface area contributed by atoms with Crippen molar-refractivity contribution in [1.82, 2.24) is 0 Å². The van der Waals surface area contributed by atoms with Crippen LogP contribution in [0.3, 0.4) is 0 Å². The SMILES string of the molecule is Cc1cc2c(cc1O)CCC1(CCc3cc(O)c(C)cc3S1)S2. The van der Waals surface area contributed by atoms with E-state index in [1.165, 1.54) is 20.9 Å². The molecule has 0 aliphatic carbocycles. The molecule has 120 valence electrons. The molecule has 0 saturated carbocycles. The van der Waals surface area contributed by atoms with Crippen LogP contribution in [0, 0.1) is 13.8 Å². The fourth-order valence-corrected chi connectivity index (χ4v) is 6.79. The van der Waals surface area contributed by atoms with Crippen molar-refractivity contribution >= 4 is 23.5 Å². The summed E-state index contributed by atoms with van der Waals surface area (Å²) in [5.41, 5.74) is 4.46. The zero-order valence-corrected chi connectivity index (χ0v) is 15.0. The third kappa shape index (κ3) is 2.62. The third-order valence-electron chi connectivity index (χ3n) is 4.90. The fourth-order valence-electron chi connectivity index (χ4n) is 3.41. The molecule has 1 spiro atoms. The third-order valence-corrected chi connectivity index (χ3v) is 8.16. The van der Waals surface area contributed by atoms with Gasteiger partial charge in [-0.2, -0.15) is 0 Å². The molecule has 0 atom stereocenters. The number of hydrogen-bond donors (Lipinski definition) is 2. The summed E-state index contributed by atoms with van der Waals surface area (Å²) in [7, 11) is 0. The van der Waals surface area contributed by atoms with Gasteiger partial charge in [-0.25, -0.2) is 0 Å². The van der Waals surface area contributed by atoms with Gasteiger partial charge in [0.2, 0.25) is 0 Å². The van der Waals surface area contributed by atoms with Gasteiger partial charge in [-0.15, -0.1) is 23.5 Å². The Morgan fingerprint density at radius 3 is 1.65 bits per heavy atom. The first-order chi connectivity index (χ1) is 11.0. The van der Waals surface area contributed by atoms with Crippen LogP contribution in [0.5, 0.6) is 11.5 Å². The predicted molar refractivity (Wildman–Crippen MR) is 96.8 cm³/mol. The van der Waals surface area contributed by atoms with E-state index >= 15 is 0 Å². The summed E-state index contributed by atoms with van der Waals surface area (Å²) >= 11 is 3.93. The highest BCUT2D eigenvalue weighted by Gasteiger charge is 2.39. The van der Waals surface area contributed by atoms with E-state index in [9.17, 15) is 10.2 Å². The molecule has 0 aromatic heterocycles. The van der Waals surface area contributed by atoms with Gasteiger partial charge in [-0.1, -0.05) is 0 Å². The maximum absolute atomic E-state index is 9.93. The van der Waals surface area contributed by atoms with Gasteiger partial charge in [0.05, 0.1) is 4.08 Å². The summed E-state index contributed by atoms with van der Waals surface area (Å²) in [5, 5.41) is 19.9. The Hall–Kier alpha value is -1.26. The van der Waals surface area contributed by atoms with Gasteiger partial charge in [-0.05, 0) is 86.1 Å². The molecule has 2 N–H and O–H groups in total. The zero-order chi connectivity index (χ0) is 16.2. The van der Waals surface area contributed by atoms with Crippen molar-refractivity contribution in [1.29, 1.82) is 0 Å². The number of rotatable bonds is 0. The standard InChI is InChI=1S/C19H20O2S2/c1-11-7-17-13(9-15(11)20)3-5-19(22-17)6-4-14-10-16(21)12(2)8-18(14)23-19/h7-10,20-21H,3-6H2,1-2H3. The van der Waals surface area contributed by atoms with E-state index in [4.69, 9.17) is 0 Å². The lowest BCUT2D eigenvalue weighted by Gasteiger charge is -2.40. The summed E-state index contributed by atoms with van der Waals surface area (Å²) in [5.74, 6) is 0.820. The zero-order valence-electron chi connectivity index (χ0n) is 13.3. The second kappa shape index (κ2) is 5.38. The topological polar surface area (TPSA) is 40.5 Å². The molecule has 0 radical (unpaired) electrons. The number of phenolic OH excluding ortho intramolecular Hbond substituents is 2. The van der Waals surface area contributed by atoms with E-state index in [1.54, 1.807) is 0 Å². The maximum atomic E-state index is 9.93. The van der Waals surface area contributed by atoms with Gasteiger partial charge >= 0.3 is 0 Å². The average Bonchev–Trinajstić information content (AvgIpc) is 2.51. The lowest BCUT2D eigenvalue weighted by atomic mass is 9.99. The number of benzene rings is 2. The van der Waals surface area contributed by atoms with Crippen LogP contribution in [-0.4, -0.2) is 14.3 Å². The normalized spacial score (nSPS) is 18.5. The number of phenols is 2. The van der Waals surface area contributed by atoms with Crippen LogP contribution < -0.4 is 0 Å². The smallest absolute Gasteiger partial charge is 0.118 e. The van der Waals surface area contributed by atoms with Gasteiger partial charge in [0.25, 0.3) is 0 Å². The lowest BCUT2D eigenvalue weighted by molar-refractivity contribution is 0.468. The minimum Gasteiger partial charge on any atom is -0.508 e. The molecule has 23 heavy (non-hydrogen) atoms. The molecule has 2 nitrogen and oxygen atoms in total. The Kier molecular flexibility index (Phi) is 3.58. The van der Waals surface area contributed by atoms with Crippen LogP contribution in [0.4, 0.5) is 0 Å². The van der Waals surface area contributed by atoms with E-state index < -0.39 is 0 Å². The molecule has 0 unspecified atom stereocenters. The van der Waals surface area contributed by atoms with Crippen LogP contribution in [-0.2, 0) is 12.8 Å². The molecule has 2 aromatic rings. The molecule has 0 saturated heterocycles. The Labute approximate surface area is 145 Å². The van der Waals surface area contributed by atoms with E-state index in [0.717, 1.165) is 36.8 Å². The highest BCUT2D eigenvalue weighted by atomic mass is 32.2. The molecule has 0 bridgehead atoms. The van der Waals surface area contributed by atoms with Crippen molar-refractivity contribution in [2.75, 3.05) is 0 Å². The van der Waals surface area contributed by atoms with Crippen LogP contribution in [0.1, 0.15) is 35.1 Å². The Balaban J connectivity index is 1.68. The average molecular weight is 345 g/mol. The molecule has 4 heteroatoms. The minimum atomic E-state index is 0.187. The summed E-state index contributed by atoms with van der Waals surface area (Å²) in [6, 6.07) is 8.14. The second-order valence-electron chi connectivity index (χ2n) is 6.61. The maximum Gasteiger partial charge on any atom is 0.118 e. The second-order valence-corrected chi connectivity index (χ2v) is 9.72. The van der Waals surface area contributed by atoms with Crippen molar-refractivity contribution in [3.63, 3.8) is 0 Å². The van der Waals surface area contributed by atoms with E-state index in [-0.39, 0.29) is 4.08 Å². The van der Waals surface area contributed by atoms with E-state index in [1.807, 2.05) is 49.5 Å². The number of aryl methyl sites for hydroxylation is 4. The Bertz CT molecular complexity index is 731. The summed E-state index contributed by atoms with van der Waals surface area (Å²) in [6.45, 7) is 3.93. The molecule has 0 fully saturated rings. The van der Waals surface area contributed by atoms with Gasteiger partial charge < -0.3 is 10.2 Å². The van der Waals surface area contributed by atoms with Crippen molar-refractivity contribution in [3.8, 4) is 11.5 Å². The first-order valence-corrected chi connectivity index (χ1v) is 9.62. The van der Waals surface area contributed by atoms with Gasteiger partial charge in [-0.3, -0.25) is 0 Å². The highest BCUT2D eigenvalue weighted by molar-refractivity contribution is 8.18. The minimum absolute atomic E-state index is 0.187. The molecule has 2 heterocycles. The summed E-state index contributed by atoms with van der Waals surface area (Å²) in [4.78, 5) is 2.64. The summed E-state index contributed by atoms with van der Waals surface area (Å²) < 4.78 is 0.187. The highest BCUT2D eigenvalue weighted by Crippen LogP contribution is 2.58.